The van der Waals surface area contributed by atoms with Gasteiger partial charge in [-0.05, 0) is 64.8 Å². The van der Waals surface area contributed by atoms with Crippen LogP contribution in [0.1, 0.15) is 5.56 Å². The van der Waals surface area contributed by atoms with E-state index in [4.69, 9.17) is 10.5 Å². The second-order valence-electron chi connectivity index (χ2n) is 4.01. The van der Waals surface area contributed by atoms with Crippen molar-refractivity contribution in [3.05, 3.63) is 58.1 Å². The quantitative estimate of drug-likeness (QED) is 0.920. The molecule has 0 heterocycles. The number of hydrogen-bond donors (Lipinski definition) is 1. The van der Waals surface area contributed by atoms with Gasteiger partial charge in [-0.1, -0.05) is 0 Å². The fourth-order valence-electron chi connectivity index (χ4n) is 1.68. The standard InChI is InChI=1S/C14H12BrF2NO/c15-13-8-10(16)1-2-14(13)19-12-6-9(3-4-18)5-11(17)7-12/h1-2,5-8H,3-4,18H2. The summed E-state index contributed by atoms with van der Waals surface area (Å²) in [5.41, 5.74) is 6.20. The first-order chi connectivity index (χ1) is 9.08. The number of benzene rings is 2. The monoisotopic (exact) mass is 327 g/mol. The van der Waals surface area contributed by atoms with E-state index in [1.807, 2.05) is 0 Å². The van der Waals surface area contributed by atoms with Crippen molar-refractivity contribution in [2.24, 2.45) is 5.73 Å². The average molecular weight is 328 g/mol. The van der Waals surface area contributed by atoms with Gasteiger partial charge < -0.3 is 10.5 Å². The van der Waals surface area contributed by atoms with Crippen LogP contribution in [-0.4, -0.2) is 6.54 Å². The molecule has 0 amide bonds. The summed E-state index contributed by atoms with van der Waals surface area (Å²) in [5.74, 6) is 0.0166. The molecule has 0 radical (unpaired) electrons. The summed E-state index contributed by atoms with van der Waals surface area (Å²) in [6, 6.07) is 8.45. The topological polar surface area (TPSA) is 35.2 Å². The molecule has 0 saturated carbocycles. The summed E-state index contributed by atoms with van der Waals surface area (Å²) in [6.07, 6.45) is 0.568. The minimum Gasteiger partial charge on any atom is -0.456 e. The Hall–Kier alpha value is -1.46. The number of rotatable bonds is 4. The van der Waals surface area contributed by atoms with E-state index in [2.05, 4.69) is 15.9 Å². The van der Waals surface area contributed by atoms with Crippen molar-refractivity contribution in [2.45, 2.75) is 6.42 Å². The maximum atomic E-state index is 13.4. The molecule has 19 heavy (non-hydrogen) atoms. The van der Waals surface area contributed by atoms with Crippen molar-refractivity contribution >= 4 is 15.9 Å². The largest absolute Gasteiger partial charge is 0.456 e. The van der Waals surface area contributed by atoms with Gasteiger partial charge in [0.25, 0.3) is 0 Å². The highest BCUT2D eigenvalue weighted by atomic mass is 79.9. The minimum absolute atomic E-state index is 0.357. The maximum Gasteiger partial charge on any atom is 0.141 e. The van der Waals surface area contributed by atoms with Gasteiger partial charge in [-0.3, -0.25) is 0 Å². The van der Waals surface area contributed by atoms with Crippen LogP contribution in [0.4, 0.5) is 8.78 Å². The summed E-state index contributed by atoms with van der Waals surface area (Å²) in [7, 11) is 0. The Balaban J connectivity index is 2.27. The van der Waals surface area contributed by atoms with Crippen LogP contribution < -0.4 is 10.5 Å². The molecule has 0 aliphatic heterocycles. The highest BCUT2D eigenvalue weighted by molar-refractivity contribution is 9.10. The van der Waals surface area contributed by atoms with Gasteiger partial charge in [-0.2, -0.15) is 0 Å². The van der Waals surface area contributed by atoms with Gasteiger partial charge in [0.2, 0.25) is 0 Å². The van der Waals surface area contributed by atoms with Gasteiger partial charge in [0.05, 0.1) is 4.47 Å². The fourth-order valence-corrected chi connectivity index (χ4v) is 2.11. The highest BCUT2D eigenvalue weighted by Crippen LogP contribution is 2.31. The van der Waals surface area contributed by atoms with Crippen molar-refractivity contribution < 1.29 is 13.5 Å². The predicted octanol–water partition coefficient (Wildman–Crippen LogP) is 4.02. The molecule has 0 aliphatic rings. The van der Waals surface area contributed by atoms with Crippen LogP contribution in [0.3, 0.4) is 0 Å². The van der Waals surface area contributed by atoms with E-state index in [9.17, 15) is 8.78 Å². The Morgan fingerprint density at radius 1 is 1.05 bits per heavy atom. The van der Waals surface area contributed by atoms with E-state index in [-0.39, 0.29) is 11.6 Å². The molecule has 0 unspecified atom stereocenters. The summed E-state index contributed by atoms with van der Waals surface area (Å²) in [5, 5.41) is 0. The molecule has 0 aliphatic carbocycles. The molecule has 0 atom stereocenters. The molecule has 2 rings (SSSR count). The molecule has 0 aromatic heterocycles. The van der Waals surface area contributed by atoms with Gasteiger partial charge in [0.1, 0.15) is 23.1 Å². The normalized spacial score (nSPS) is 10.5. The summed E-state index contributed by atoms with van der Waals surface area (Å²) in [4.78, 5) is 0. The van der Waals surface area contributed by atoms with Gasteiger partial charge in [-0.15, -0.1) is 0 Å². The van der Waals surface area contributed by atoms with Gasteiger partial charge >= 0.3 is 0 Å². The smallest absolute Gasteiger partial charge is 0.141 e. The number of halogens is 3. The van der Waals surface area contributed by atoms with Crippen LogP contribution in [0, 0.1) is 11.6 Å². The zero-order valence-corrected chi connectivity index (χ0v) is 11.6. The number of hydrogen-bond acceptors (Lipinski definition) is 2. The summed E-state index contributed by atoms with van der Waals surface area (Å²) < 4.78 is 32.4. The minimum atomic E-state index is -0.390. The van der Waals surface area contributed by atoms with Gasteiger partial charge in [-0.25, -0.2) is 8.78 Å². The van der Waals surface area contributed by atoms with E-state index in [0.29, 0.717) is 28.9 Å². The lowest BCUT2D eigenvalue weighted by Gasteiger charge is -2.09. The summed E-state index contributed by atoms with van der Waals surface area (Å²) in [6.45, 7) is 0.434. The van der Waals surface area contributed by atoms with Gasteiger partial charge in [0, 0.05) is 6.07 Å². The third kappa shape index (κ3) is 3.75. The second kappa shape index (κ2) is 6.12. The first-order valence-corrected chi connectivity index (χ1v) is 6.50. The van der Waals surface area contributed by atoms with Crippen LogP contribution >= 0.6 is 15.9 Å². The first-order valence-electron chi connectivity index (χ1n) is 5.71. The van der Waals surface area contributed by atoms with Crippen LogP contribution in [0.25, 0.3) is 0 Å². The fraction of sp³-hybridized carbons (Fsp3) is 0.143. The van der Waals surface area contributed by atoms with Crippen molar-refractivity contribution in [3.63, 3.8) is 0 Å². The van der Waals surface area contributed by atoms with Crippen molar-refractivity contribution in [2.75, 3.05) is 6.54 Å². The molecule has 0 fully saturated rings. The molecule has 0 spiro atoms. The molecular weight excluding hydrogens is 316 g/mol. The average Bonchev–Trinajstić information content (AvgIpc) is 2.32. The Labute approximate surface area is 118 Å². The molecule has 2 nitrogen and oxygen atoms in total. The number of nitrogens with two attached hydrogens (primary N) is 1. The summed E-state index contributed by atoms with van der Waals surface area (Å²) >= 11 is 3.19. The number of ether oxygens (including phenoxy) is 1. The van der Waals surface area contributed by atoms with Crippen LogP contribution in [0.2, 0.25) is 0 Å². The lowest BCUT2D eigenvalue weighted by molar-refractivity contribution is 0.471. The van der Waals surface area contributed by atoms with E-state index >= 15 is 0 Å². The highest BCUT2D eigenvalue weighted by Gasteiger charge is 2.07. The molecule has 0 saturated heterocycles. The molecular formula is C14H12BrF2NO. The van der Waals surface area contributed by atoms with E-state index in [1.165, 1.54) is 30.3 Å². The molecule has 100 valence electrons. The zero-order valence-electron chi connectivity index (χ0n) is 10.00. The van der Waals surface area contributed by atoms with E-state index < -0.39 is 0 Å². The SMILES string of the molecule is NCCc1cc(F)cc(Oc2ccc(F)cc2Br)c1. The van der Waals surface area contributed by atoms with Crippen molar-refractivity contribution in [1.82, 2.24) is 0 Å². The van der Waals surface area contributed by atoms with Crippen LogP contribution in [0.15, 0.2) is 40.9 Å². The lowest BCUT2D eigenvalue weighted by Crippen LogP contribution is -2.03. The van der Waals surface area contributed by atoms with Crippen LogP contribution in [0.5, 0.6) is 11.5 Å². The predicted molar refractivity (Wildman–Crippen MR) is 73.3 cm³/mol. The van der Waals surface area contributed by atoms with Crippen LogP contribution in [-0.2, 0) is 6.42 Å². The zero-order chi connectivity index (χ0) is 13.8. The molecule has 2 aromatic carbocycles. The van der Waals surface area contributed by atoms with E-state index in [0.717, 1.165) is 5.56 Å². The maximum absolute atomic E-state index is 13.4. The third-order valence-electron chi connectivity index (χ3n) is 2.49. The Morgan fingerprint density at radius 2 is 1.84 bits per heavy atom. The molecule has 2 aromatic rings. The third-order valence-corrected chi connectivity index (χ3v) is 3.11. The Bertz CT molecular complexity index is 590. The Kier molecular flexibility index (Phi) is 4.50. The van der Waals surface area contributed by atoms with Gasteiger partial charge in [0.15, 0.2) is 0 Å². The van der Waals surface area contributed by atoms with E-state index in [1.54, 1.807) is 6.07 Å². The van der Waals surface area contributed by atoms with Crippen molar-refractivity contribution in [1.29, 1.82) is 0 Å². The molecule has 2 N–H and O–H groups in total. The van der Waals surface area contributed by atoms with Crippen molar-refractivity contribution in [3.8, 4) is 11.5 Å². The molecule has 0 bridgehead atoms. The first kappa shape index (κ1) is 14.0. The second-order valence-corrected chi connectivity index (χ2v) is 4.86. The lowest BCUT2D eigenvalue weighted by atomic mass is 10.1. The Morgan fingerprint density at radius 3 is 2.53 bits per heavy atom. The molecule has 5 heteroatoms.